The maximum atomic E-state index is 12.4. The van der Waals surface area contributed by atoms with Gasteiger partial charge in [0.15, 0.2) is 0 Å². The quantitative estimate of drug-likeness (QED) is 0.869. The van der Waals surface area contributed by atoms with Crippen molar-refractivity contribution in [2.24, 2.45) is 0 Å². The van der Waals surface area contributed by atoms with Gasteiger partial charge in [0.25, 0.3) is 0 Å². The van der Waals surface area contributed by atoms with Crippen LogP contribution < -0.4 is 10.6 Å². The number of hydrogen-bond acceptors (Lipinski definition) is 2. The van der Waals surface area contributed by atoms with Crippen LogP contribution >= 0.6 is 0 Å². The maximum Gasteiger partial charge on any atom is 0.241 e. The van der Waals surface area contributed by atoms with Crippen LogP contribution in [-0.4, -0.2) is 18.5 Å². The minimum atomic E-state index is -0.0167. The molecule has 0 bridgehead atoms. The first-order valence-electron chi connectivity index (χ1n) is 7.99. The molecule has 0 saturated carbocycles. The molecule has 0 aromatic heterocycles. The van der Waals surface area contributed by atoms with E-state index in [1.54, 1.807) is 0 Å². The Hall–Kier alpha value is -1.35. The predicted molar refractivity (Wildman–Crippen MR) is 82.0 cm³/mol. The van der Waals surface area contributed by atoms with E-state index in [-0.39, 0.29) is 11.9 Å². The van der Waals surface area contributed by atoms with Crippen molar-refractivity contribution in [3.63, 3.8) is 0 Å². The Labute approximate surface area is 121 Å². The summed E-state index contributed by atoms with van der Waals surface area (Å²) in [6.45, 7) is 0.963. The molecule has 1 aliphatic heterocycles. The number of nitrogens with one attached hydrogen (secondary N) is 2. The molecule has 3 heteroatoms. The highest BCUT2D eigenvalue weighted by Crippen LogP contribution is 2.28. The van der Waals surface area contributed by atoms with Crippen LogP contribution in [0.5, 0.6) is 0 Å². The van der Waals surface area contributed by atoms with Crippen molar-refractivity contribution >= 4 is 11.6 Å². The molecule has 0 radical (unpaired) electrons. The summed E-state index contributed by atoms with van der Waals surface area (Å²) in [5.74, 6) is 0.144. The van der Waals surface area contributed by atoms with Gasteiger partial charge in [-0.1, -0.05) is 25.0 Å². The molecule has 108 valence electrons. The van der Waals surface area contributed by atoms with Gasteiger partial charge in [-0.25, -0.2) is 0 Å². The van der Waals surface area contributed by atoms with Gasteiger partial charge >= 0.3 is 0 Å². The topological polar surface area (TPSA) is 41.1 Å². The molecule has 2 aliphatic rings. The molecule has 1 atom stereocenters. The largest absolute Gasteiger partial charge is 0.324 e. The van der Waals surface area contributed by atoms with Crippen LogP contribution in [0.3, 0.4) is 0 Å². The number of anilines is 1. The van der Waals surface area contributed by atoms with Crippen LogP contribution in [0.1, 0.15) is 49.7 Å². The normalized spacial score (nSPS) is 22.7. The first kappa shape index (κ1) is 13.6. The summed E-state index contributed by atoms with van der Waals surface area (Å²) >= 11 is 0. The minimum Gasteiger partial charge on any atom is -0.324 e. The van der Waals surface area contributed by atoms with Crippen molar-refractivity contribution in [3.8, 4) is 0 Å². The second kappa shape index (κ2) is 6.40. The number of carbonyl (C=O) groups excluding carboxylic acids is 1. The van der Waals surface area contributed by atoms with Gasteiger partial charge in [-0.15, -0.1) is 0 Å². The van der Waals surface area contributed by atoms with Crippen LogP contribution in [0.25, 0.3) is 0 Å². The van der Waals surface area contributed by atoms with Gasteiger partial charge < -0.3 is 10.6 Å². The van der Waals surface area contributed by atoms with Gasteiger partial charge in [-0.05, 0) is 62.3 Å². The van der Waals surface area contributed by atoms with Crippen molar-refractivity contribution in [3.05, 3.63) is 29.3 Å². The Bertz CT molecular complexity index is 476. The summed E-state index contributed by atoms with van der Waals surface area (Å²) in [4.78, 5) is 12.4. The van der Waals surface area contributed by atoms with Gasteiger partial charge in [0.2, 0.25) is 5.91 Å². The van der Waals surface area contributed by atoms with E-state index in [9.17, 15) is 4.79 Å². The second-order valence-corrected chi connectivity index (χ2v) is 6.00. The fraction of sp³-hybridized carbons (Fsp3) is 0.588. The van der Waals surface area contributed by atoms with E-state index in [0.717, 1.165) is 37.9 Å². The molecule has 1 unspecified atom stereocenters. The monoisotopic (exact) mass is 272 g/mol. The van der Waals surface area contributed by atoms with Crippen LogP contribution in [0.15, 0.2) is 18.2 Å². The van der Waals surface area contributed by atoms with Crippen molar-refractivity contribution in [1.82, 2.24) is 5.32 Å². The Morgan fingerprint density at radius 2 is 2.00 bits per heavy atom. The number of rotatable bonds is 2. The molecule has 1 saturated heterocycles. The van der Waals surface area contributed by atoms with E-state index < -0.39 is 0 Å². The highest BCUT2D eigenvalue weighted by Gasteiger charge is 2.21. The Morgan fingerprint density at radius 3 is 2.95 bits per heavy atom. The lowest BCUT2D eigenvalue weighted by Crippen LogP contribution is -2.40. The van der Waals surface area contributed by atoms with Crippen LogP contribution in [0.2, 0.25) is 0 Å². The molecule has 1 fully saturated rings. The summed E-state index contributed by atoms with van der Waals surface area (Å²) in [5.41, 5.74) is 3.82. The van der Waals surface area contributed by atoms with E-state index in [4.69, 9.17) is 0 Å². The van der Waals surface area contributed by atoms with Gasteiger partial charge in [-0.3, -0.25) is 4.79 Å². The zero-order valence-corrected chi connectivity index (χ0v) is 12.1. The van der Waals surface area contributed by atoms with Gasteiger partial charge in [0.05, 0.1) is 6.04 Å². The number of benzene rings is 1. The zero-order valence-electron chi connectivity index (χ0n) is 12.1. The first-order valence-corrected chi connectivity index (χ1v) is 7.99. The highest BCUT2D eigenvalue weighted by atomic mass is 16.2. The fourth-order valence-electron chi connectivity index (χ4n) is 3.37. The maximum absolute atomic E-state index is 12.4. The summed E-state index contributed by atoms with van der Waals surface area (Å²) < 4.78 is 0. The van der Waals surface area contributed by atoms with Crippen molar-refractivity contribution < 1.29 is 4.79 Å². The van der Waals surface area contributed by atoms with Crippen LogP contribution in [-0.2, 0) is 17.6 Å². The lowest BCUT2D eigenvalue weighted by molar-refractivity contribution is -0.118. The lowest BCUT2D eigenvalue weighted by Gasteiger charge is -2.21. The second-order valence-electron chi connectivity index (χ2n) is 6.00. The molecule has 3 rings (SSSR count). The van der Waals surface area contributed by atoms with Crippen molar-refractivity contribution in [2.75, 3.05) is 11.9 Å². The van der Waals surface area contributed by atoms with Crippen molar-refractivity contribution in [1.29, 1.82) is 0 Å². The Kier molecular flexibility index (Phi) is 4.36. The molecule has 1 aromatic rings. The SMILES string of the molecule is O=C(Nc1cccc2c1CCCC2)C1CCCCCN1. The molecular weight excluding hydrogens is 248 g/mol. The number of aryl methyl sites for hydroxylation is 1. The van der Waals surface area contributed by atoms with Crippen LogP contribution in [0, 0.1) is 0 Å². The summed E-state index contributed by atoms with van der Waals surface area (Å²) in [5, 5.41) is 6.54. The predicted octanol–water partition coefficient (Wildman–Crippen LogP) is 3.04. The van der Waals surface area contributed by atoms with Gasteiger partial charge in [0.1, 0.15) is 0 Å². The average Bonchev–Trinajstić information content (AvgIpc) is 2.77. The fourth-order valence-corrected chi connectivity index (χ4v) is 3.37. The standard InChI is InChI=1S/C17H24N2O/c20-17(16-10-2-1-5-12-18-16)19-15-11-6-8-13-7-3-4-9-14(13)15/h6,8,11,16,18H,1-5,7,9-10,12H2,(H,19,20). The van der Waals surface area contributed by atoms with E-state index in [2.05, 4.69) is 28.8 Å². The third kappa shape index (κ3) is 3.04. The number of amides is 1. The summed E-state index contributed by atoms with van der Waals surface area (Å²) in [6.07, 6.45) is 9.29. The molecule has 1 aliphatic carbocycles. The minimum absolute atomic E-state index is 0.0167. The number of hydrogen-bond donors (Lipinski definition) is 2. The third-order valence-electron chi connectivity index (χ3n) is 4.53. The molecule has 1 heterocycles. The smallest absolute Gasteiger partial charge is 0.241 e. The average molecular weight is 272 g/mol. The number of fused-ring (bicyclic) bond motifs is 1. The first-order chi connectivity index (χ1) is 9.84. The van der Waals surface area contributed by atoms with Crippen LogP contribution in [0.4, 0.5) is 5.69 Å². The molecule has 1 aromatic carbocycles. The zero-order chi connectivity index (χ0) is 13.8. The Balaban J connectivity index is 1.72. The third-order valence-corrected chi connectivity index (χ3v) is 4.53. The van der Waals surface area contributed by atoms with E-state index in [1.165, 1.54) is 36.8 Å². The Morgan fingerprint density at radius 1 is 1.10 bits per heavy atom. The van der Waals surface area contributed by atoms with Gasteiger partial charge in [-0.2, -0.15) is 0 Å². The molecule has 20 heavy (non-hydrogen) atoms. The number of carbonyl (C=O) groups is 1. The lowest BCUT2D eigenvalue weighted by atomic mass is 9.90. The highest BCUT2D eigenvalue weighted by molar-refractivity contribution is 5.95. The van der Waals surface area contributed by atoms with Gasteiger partial charge in [0, 0.05) is 5.69 Å². The molecule has 2 N–H and O–H groups in total. The van der Waals surface area contributed by atoms with E-state index in [1.807, 2.05) is 0 Å². The van der Waals surface area contributed by atoms with E-state index >= 15 is 0 Å². The van der Waals surface area contributed by atoms with Crippen molar-refractivity contribution in [2.45, 2.75) is 57.4 Å². The summed E-state index contributed by atoms with van der Waals surface area (Å²) in [6, 6.07) is 6.31. The van der Waals surface area contributed by atoms with E-state index in [0.29, 0.717) is 0 Å². The molecular formula is C17H24N2O. The molecule has 1 amide bonds. The summed E-state index contributed by atoms with van der Waals surface area (Å²) in [7, 11) is 0. The molecule has 3 nitrogen and oxygen atoms in total. The molecule has 0 spiro atoms.